The number of rotatable bonds is 5. The van der Waals surface area contributed by atoms with Gasteiger partial charge in [-0.25, -0.2) is 0 Å². The summed E-state index contributed by atoms with van der Waals surface area (Å²) in [6, 6.07) is 0. The van der Waals surface area contributed by atoms with Crippen molar-refractivity contribution in [2.45, 2.75) is 38.2 Å². The van der Waals surface area contributed by atoms with Crippen molar-refractivity contribution in [2.75, 3.05) is 42.2 Å². The van der Waals surface area contributed by atoms with E-state index in [0.29, 0.717) is 18.0 Å². The van der Waals surface area contributed by atoms with Crippen LogP contribution in [0, 0.1) is 0 Å². The molecule has 7 nitrogen and oxygen atoms in total. The fraction of sp³-hybridized carbons (Fsp3) is 0.769. The second-order valence-corrected chi connectivity index (χ2v) is 5.36. The molecule has 2 aliphatic heterocycles. The van der Waals surface area contributed by atoms with Gasteiger partial charge in [-0.15, -0.1) is 0 Å². The summed E-state index contributed by atoms with van der Waals surface area (Å²) in [4.78, 5) is 15.0. The SMILES string of the molecule is Nc1nc(NCCC2CCCO2)nc(N2CCCC2)n1. The standard InChI is InChI=1S/C13H22N6O/c14-11-16-12(15-6-5-10-4-3-9-20-10)18-13(17-11)19-7-1-2-8-19/h10H,1-9H2,(H3,14,15,16,17,18). The molecule has 2 fully saturated rings. The zero-order valence-corrected chi connectivity index (χ0v) is 11.7. The highest BCUT2D eigenvalue weighted by Crippen LogP contribution is 2.18. The van der Waals surface area contributed by atoms with E-state index < -0.39 is 0 Å². The van der Waals surface area contributed by atoms with E-state index in [0.717, 1.165) is 39.1 Å². The Morgan fingerprint density at radius 3 is 2.80 bits per heavy atom. The molecular formula is C13H22N6O. The highest BCUT2D eigenvalue weighted by atomic mass is 16.5. The smallest absolute Gasteiger partial charge is 0.231 e. The van der Waals surface area contributed by atoms with Crippen LogP contribution < -0.4 is 16.0 Å². The van der Waals surface area contributed by atoms with Gasteiger partial charge >= 0.3 is 0 Å². The van der Waals surface area contributed by atoms with E-state index in [2.05, 4.69) is 25.2 Å². The Labute approximate surface area is 118 Å². The Morgan fingerprint density at radius 2 is 2.05 bits per heavy atom. The van der Waals surface area contributed by atoms with E-state index >= 15 is 0 Å². The minimum atomic E-state index is 0.279. The number of hydrogen-bond donors (Lipinski definition) is 2. The topological polar surface area (TPSA) is 89.2 Å². The first-order valence-corrected chi connectivity index (χ1v) is 7.43. The van der Waals surface area contributed by atoms with Crippen LogP contribution in [-0.4, -0.2) is 47.3 Å². The van der Waals surface area contributed by atoms with Crippen molar-refractivity contribution in [1.29, 1.82) is 0 Å². The fourth-order valence-corrected chi connectivity index (χ4v) is 2.74. The summed E-state index contributed by atoms with van der Waals surface area (Å²) in [6.07, 6.45) is 6.05. The molecule has 2 saturated heterocycles. The van der Waals surface area contributed by atoms with Crippen LogP contribution in [0.5, 0.6) is 0 Å². The maximum absolute atomic E-state index is 5.77. The maximum Gasteiger partial charge on any atom is 0.231 e. The van der Waals surface area contributed by atoms with Gasteiger partial charge in [0.25, 0.3) is 0 Å². The Morgan fingerprint density at radius 1 is 1.20 bits per heavy atom. The summed E-state index contributed by atoms with van der Waals surface area (Å²) in [5.74, 6) is 1.54. The Kier molecular flexibility index (Phi) is 4.15. The van der Waals surface area contributed by atoms with Gasteiger partial charge in [0.15, 0.2) is 0 Å². The Bertz CT molecular complexity index is 442. The summed E-state index contributed by atoms with van der Waals surface area (Å²) >= 11 is 0. The summed E-state index contributed by atoms with van der Waals surface area (Å²) in [5, 5.41) is 3.23. The van der Waals surface area contributed by atoms with Gasteiger partial charge in [0.2, 0.25) is 17.8 Å². The normalized spacial score (nSPS) is 22.4. The van der Waals surface area contributed by atoms with Crippen molar-refractivity contribution in [3.63, 3.8) is 0 Å². The lowest BCUT2D eigenvalue weighted by Crippen LogP contribution is -2.22. The van der Waals surface area contributed by atoms with E-state index in [1.165, 1.54) is 19.3 Å². The number of hydrogen-bond acceptors (Lipinski definition) is 7. The van der Waals surface area contributed by atoms with Crippen LogP contribution in [-0.2, 0) is 4.74 Å². The van der Waals surface area contributed by atoms with Crippen molar-refractivity contribution in [1.82, 2.24) is 15.0 Å². The fourth-order valence-electron chi connectivity index (χ4n) is 2.74. The van der Waals surface area contributed by atoms with Crippen molar-refractivity contribution in [2.24, 2.45) is 0 Å². The average molecular weight is 278 g/mol. The van der Waals surface area contributed by atoms with Gasteiger partial charge in [0, 0.05) is 26.2 Å². The van der Waals surface area contributed by atoms with Crippen LogP contribution in [0.15, 0.2) is 0 Å². The number of aromatic nitrogens is 3. The lowest BCUT2D eigenvalue weighted by Gasteiger charge is -2.16. The van der Waals surface area contributed by atoms with Crippen LogP contribution in [0.2, 0.25) is 0 Å². The van der Waals surface area contributed by atoms with E-state index in [-0.39, 0.29) is 5.95 Å². The van der Waals surface area contributed by atoms with Gasteiger partial charge in [-0.3, -0.25) is 0 Å². The van der Waals surface area contributed by atoms with Crippen molar-refractivity contribution in [3.8, 4) is 0 Å². The van der Waals surface area contributed by atoms with Crippen molar-refractivity contribution in [3.05, 3.63) is 0 Å². The molecule has 3 heterocycles. The van der Waals surface area contributed by atoms with Gasteiger partial charge in [0.1, 0.15) is 0 Å². The molecule has 3 rings (SSSR count). The van der Waals surface area contributed by atoms with Gasteiger partial charge in [-0.1, -0.05) is 0 Å². The largest absolute Gasteiger partial charge is 0.378 e. The van der Waals surface area contributed by atoms with Crippen molar-refractivity contribution >= 4 is 17.8 Å². The number of nitrogens with zero attached hydrogens (tertiary/aromatic N) is 4. The third kappa shape index (κ3) is 3.27. The third-order valence-electron chi connectivity index (χ3n) is 3.80. The Hall–Kier alpha value is -1.63. The molecule has 0 radical (unpaired) electrons. The minimum Gasteiger partial charge on any atom is -0.378 e. The van der Waals surface area contributed by atoms with Crippen LogP contribution in [0.1, 0.15) is 32.1 Å². The second-order valence-electron chi connectivity index (χ2n) is 5.36. The molecule has 0 aromatic carbocycles. The molecule has 0 bridgehead atoms. The molecule has 7 heteroatoms. The van der Waals surface area contributed by atoms with Gasteiger partial charge in [0.05, 0.1) is 6.10 Å². The van der Waals surface area contributed by atoms with E-state index in [4.69, 9.17) is 10.5 Å². The molecule has 1 aromatic rings. The summed E-state index contributed by atoms with van der Waals surface area (Å²) in [7, 11) is 0. The van der Waals surface area contributed by atoms with E-state index in [9.17, 15) is 0 Å². The molecule has 3 N–H and O–H groups in total. The molecule has 110 valence electrons. The summed E-state index contributed by atoms with van der Waals surface area (Å²) in [5.41, 5.74) is 5.77. The Balaban J connectivity index is 1.57. The summed E-state index contributed by atoms with van der Waals surface area (Å²) < 4.78 is 5.59. The van der Waals surface area contributed by atoms with Crippen molar-refractivity contribution < 1.29 is 4.74 Å². The maximum atomic E-state index is 5.77. The molecule has 0 saturated carbocycles. The lowest BCUT2D eigenvalue weighted by atomic mass is 10.2. The molecule has 0 spiro atoms. The molecule has 0 aliphatic carbocycles. The molecule has 1 atom stereocenters. The number of ether oxygens (including phenoxy) is 1. The van der Waals surface area contributed by atoms with Crippen LogP contribution >= 0.6 is 0 Å². The number of nitrogens with two attached hydrogens (primary N) is 1. The van der Waals surface area contributed by atoms with Crippen LogP contribution in [0.3, 0.4) is 0 Å². The quantitative estimate of drug-likeness (QED) is 0.831. The first-order valence-electron chi connectivity index (χ1n) is 7.43. The van der Waals surface area contributed by atoms with E-state index in [1.54, 1.807) is 0 Å². The predicted molar refractivity (Wildman–Crippen MR) is 77.8 cm³/mol. The van der Waals surface area contributed by atoms with Gasteiger partial charge in [-0.2, -0.15) is 15.0 Å². The minimum absolute atomic E-state index is 0.279. The van der Waals surface area contributed by atoms with Crippen LogP contribution in [0.4, 0.5) is 17.8 Å². The average Bonchev–Trinajstić information content (AvgIpc) is 3.11. The zero-order valence-electron chi connectivity index (χ0n) is 11.7. The molecule has 1 unspecified atom stereocenters. The third-order valence-corrected chi connectivity index (χ3v) is 3.80. The van der Waals surface area contributed by atoms with Crippen LogP contribution in [0.25, 0.3) is 0 Å². The number of anilines is 3. The van der Waals surface area contributed by atoms with E-state index in [1.807, 2.05) is 0 Å². The molecule has 0 amide bonds. The first kappa shape index (κ1) is 13.4. The predicted octanol–water partition coefficient (Wildman–Crippen LogP) is 1.03. The molecule has 2 aliphatic rings. The molecule has 20 heavy (non-hydrogen) atoms. The zero-order chi connectivity index (χ0) is 13.8. The highest BCUT2D eigenvalue weighted by Gasteiger charge is 2.17. The van der Waals surface area contributed by atoms with Gasteiger partial charge < -0.3 is 20.7 Å². The summed E-state index contributed by atoms with van der Waals surface area (Å²) in [6.45, 7) is 3.69. The molecule has 1 aromatic heterocycles. The molecular weight excluding hydrogens is 256 g/mol. The first-order chi connectivity index (χ1) is 9.81. The second kappa shape index (κ2) is 6.21. The number of nitrogen functional groups attached to an aromatic ring is 1. The number of nitrogens with one attached hydrogen (secondary N) is 1. The van der Waals surface area contributed by atoms with Gasteiger partial charge in [-0.05, 0) is 32.1 Å². The monoisotopic (exact) mass is 278 g/mol. The highest BCUT2D eigenvalue weighted by molar-refractivity contribution is 5.42. The lowest BCUT2D eigenvalue weighted by molar-refractivity contribution is 0.107.